The van der Waals surface area contributed by atoms with Gasteiger partial charge in [0.15, 0.2) is 0 Å². The van der Waals surface area contributed by atoms with Gasteiger partial charge in [0.05, 0.1) is 6.10 Å². The summed E-state index contributed by atoms with van der Waals surface area (Å²) in [6.45, 7) is 1.15. The first-order valence-corrected chi connectivity index (χ1v) is 8.28. The summed E-state index contributed by atoms with van der Waals surface area (Å²) < 4.78 is 0. The molecular weight excluding hydrogens is 246 g/mol. The quantitative estimate of drug-likeness (QED) is 0.821. The number of hydrogen-bond donors (Lipinski definition) is 1. The van der Waals surface area contributed by atoms with E-state index in [4.69, 9.17) is 0 Å². The van der Waals surface area contributed by atoms with Gasteiger partial charge in [0, 0.05) is 19.3 Å². The number of nitrogens with zero attached hydrogens (tertiary/aromatic N) is 1. The number of benzene rings is 1. The van der Waals surface area contributed by atoms with Crippen molar-refractivity contribution in [2.24, 2.45) is 5.92 Å². The number of anilines is 1. The Morgan fingerprint density at radius 1 is 1.10 bits per heavy atom. The number of rotatable bonds is 2. The van der Waals surface area contributed by atoms with Crippen molar-refractivity contribution in [2.75, 3.05) is 18.5 Å². The maximum absolute atomic E-state index is 10.7. The molecule has 0 aromatic heterocycles. The molecule has 0 bridgehead atoms. The van der Waals surface area contributed by atoms with Crippen LogP contribution in [0.1, 0.15) is 62.2 Å². The molecule has 2 nitrogen and oxygen atoms in total. The topological polar surface area (TPSA) is 23.5 Å². The Labute approximate surface area is 122 Å². The summed E-state index contributed by atoms with van der Waals surface area (Å²) >= 11 is 0. The monoisotopic (exact) mass is 273 g/mol. The molecule has 1 heterocycles. The van der Waals surface area contributed by atoms with Gasteiger partial charge < -0.3 is 10.0 Å². The lowest BCUT2D eigenvalue weighted by atomic mass is 9.87. The van der Waals surface area contributed by atoms with Gasteiger partial charge in [-0.05, 0) is 48.8 Å². The van der Waals surface area contributed by atoms with Gasteiger partial charge in [-0.2, -0.15) is 0 Å². The third-order valence-electron chi connectivity index (χ3n) is 5.14. The van der Waals surface area contributed by atoms with E-state index in [9.17, 15) is 5.11 Å². The van der Waals surface area contributed by atoms with Crippen LogP contribution in [0.5, 0.6) is 0 Å². The Morgan fingerprint density at radius 3 is 2.60 bits per heavy atom. The average molecular weight is 273 g/mol. The summed E-state index contributed by atoms with van der Waals surface area (Å²) in [6, 6.07) is 6.63. The molecule has 1 fully saturated rings. The van der Waals surface area contributed by atoms with Crippen molar-refractivity contribution in [1.82, 2.24) is 0 Å². The van der Waals surface area contributed by atoms with Gasteiger partial charge in [-0.25, -0.2) is 0 Å². The van der Waals surface area contributed by atoms with E-state index >= 15 is 0 Å². The van der Waals surface area contributed by atoms with E-state index < -0.39 is 0 Å². The van der Waals surface area contributed by atoms with Crippen molar-refractivity contribution in [3.63, 3.8) is 0 Å². The normalized spacial score (nSPS) is 22.2. The van der Waals surface area contributed by atoms with Crippen LogP contribution >= 0.6 is 0 Å². The van der Waals surface area contributed by atoms with Crippen LogP contribution in [0.25, 0.3) is 0 Å². The number of aryl methyl sites for hydroxylation is 1. The zero-order valence-electron chi connectivity index (χ0n) is 12.6. The van der Waals surface area contributed by atoms with Crippen LogP contribution in [0.15, 0.2) is 18.2 Å². The fourth-order valence-corrected chi connectivity index (χ4v) is 3.89. The van der Waals surface area contributed by atoms with Gasteiger partial charge in [0.25, 0.3) is 0 Å². The summed E-state index contributed by atoms with van der Waals surface area (Å²) in [4.78, 5) is 2.33. The maximum Gasteiger partial charge on any atom is 0.0818 e. The van der Waals surface area contributed by atoms with E-state index in [-0.39, 0.29) is 6.10 Å². The first-order chi connectivity index (χ1) is 9.75. The third kappa shape index (κ3) is 2.85. The fourth-order valence-electron chi connectivity index (χ4n) is 3.89. The molecule has 1 unspecified atom stereocenters. The summed E-state index contributed by atoms with van der Waals surface area (Å²) in [5.41, 5.74) is 3.92. The largest absolute Gasteiger partial charge is 0.388 e. The first-order valence-electron chi connectivity index (χ1n) is 8.28. The zero-order valence-corrected chi connectivity index (χ0v) is 12.6. The molecule has 110 valence electrons. The van der Waals surface area contributed by atoms with Crippen LogP contribution in [-0.4, -0.2) is 18.7 Å². The average Bonchev–Trinajstić information content (AvgIpc) is 2.75. The number of aliphatic hydroxyl groups is 1. The zero-order chi connectivity index (χ0) is 13.9. The molecule has 2 aliphatic rings. The Bertz CT molecular complexity index is 449. The smallest absolute Gasteiger partial charge is 0.0818 e. The predicted octanol–water partition coefficient (Wildman–Crippen LogP) is 4.07. The highest BCUT2D eigenvalue weighted by atomic mass is 16.3. The van der Waals surface area contributed by atoms with Crippen LogP contribution in [0.3, 0.4) is 0 Å². The SMILES string of the molecule is CN1CCCc2cc(C(O)C3CCCCCC3)ccc21. The molecular formula is C18H27NO. The standard InChI is InChI=1S/C18H27NO/c1-19-12-6-9-15-13-16(10-11-17(15)19)18(20)14-7-4-2-3-5-8-14/h10-11,13-14,18,20H,2-9,12H2,1H3. The van der Waals surface area contributed by atoms with Crippen molar-refractivity contribution in [2.45, 2.75) is 57.5 Å². The lowest BCUT2D eigenvalue weighted by molar-refractivity contribution is 0.0987. The molecule has 0 saturated heterocycles. The number of aliphatic hydroxyl groups excluding tert-OH is 1. The van der Waals surface area contributed by atoms with E-state index in [0.29, 0.717) is 5.92 Å². The molecule has 0 radical (unpaired) electrons. The summed E-state index contributed by atoms with van der Waals surface area (Å²) in [5, 5.41) is 10.7. The minimum atomic E-state index is -0.259. The van der Waals surface area contributed by atoms with Gasteiger partial charge in [-0.1, -0.05) is 37.8 Å². The van der Waals surface area contributed by atoms with Crippen LogP contribution in [0.4, 0.5) is 5.69 Å². The highest BCUT2D eigenvalue weighted by molar-refractivity contribution is 5.56. The highest BCUT2D eigenvalue weighted by Gasteiger charge is 2.23. The van der Waals surface area contributed by atoms with Crippen molar-refractivity contribution < 1.29 is 5.11 Å². The molecule has 0 spiro atoms. The Kier molecular flexibility index (Phi) is 4.30. The molecule has 20 heavy (non-hydrogen) atoms. The Morgan fingerprint density at radius 2 is 1.85 bits per heavy atom. The van der Waals surface area contributed by atoms with E-state index in [0.717, 1.165) is 18.5 Å². The molecule has 1 atom stereocenters. The van der Waals surface area contributed by atoms with E-state index in [1.54, 1.807) is 0 Å². The lowest BCUT2D eigenvalue weighted by Gasteiger charge is -2.29. The van der Waals surface area contributed by atoms with E-state index in [1.807, 2.05) is 0 Å². The molecule has 0 amide bonds. The molecule has 3 rings (SSSR count). The fraction of sp³-hybridized carbons (Fsp3) is 0.667. The van der Waals surface area contributed by atoms with Crippen LogP contribution < -0.4 is 4.90 Å². The van der Waals surface area contributed by atoms with Crippen molar-refractivity contribution in [3.05, 3.63) is 29.3 Å². The second-order valence-corrected chi connectivity index (χ2v) is 6.61. The summed E-state index contributed by atoms with van der Waals surface area (Å²) in [6.07, 6.45) is 9.78. The first kappa shape index (κ1) is 13.9. The van der Waals surface area contributed by atoms with Crippen LogP contribution in [-0.2, 0) is 6.42 Å². The second-order valence-electron chi connectivity index (χ2n) is 6.61. The lowest BCUT2D eigenvalue weighted by Crippen LogP contribution is -2.25. The minimum absolute atomic E-state index is 0.259. The molecule has 1 N–H and O–H groups in total. The molecule has 1 saturated carbocycles. The van der Waals surface area contributed by atoms with Gasteiger partial charge in [0.1, 0.15) is 0 Å². The van der Waals surface area contributed by atoms with Gasteiger partial charge in [0.2, 0.25) is 0 Å². The summed E-state index contributed by atoms with van der Waals surface area (Å²) in [7, 11) is 2.17. The molecule has 2 heteroatoms. The highest BCUT2D eigenvalue weighted by Crippen LogP contribution is 2.36. The van der Waals surface area contributed by atoms with E-state index in [2.05, 4.69) is 30.1 Å². The van der Waals surface area contributed by atoms with Crippen LogP contribution in [0, 0.1) is 5.92 Å². The molecule has 1 aromatic carbocycles. The third-order valence-corrected chi connectivity index (χ3v) is 5.14. The van der Waals surface area contributed by atoms with E-state index in [1.165, 1.54) is 56.2 Å². The van der Waals surface area contributed by atoms with Gasteiger partial charge >= 0.3 is 0 Å². The van der Waals surface area contributed by atoms with Gasteiger partial charge in [-0.15, -0.1) is 0 Å². The second kappa shape index (κ2) is 6.17. The Hall–Kier alpha value is -1.02. The number of fused-ring (bicyclic) bond motifs is 1. The van der Waals surface area contributed by atoms with Crippen molar-refractivity contribution in [3.8, 4) is 0 Å². The van der Waals surface area contributed by atoms with Gasteiger partial charge in [-0.3, -0.25) is 0 Å². The molecule has 1 aromatic rings. The van der Waals surface area contributed by atoms with Crippen molar-refractivity contribution >= 4 is 5.69 Å². The maximum atomic E-state index is 10.7. The summed E-state index contributed by atoms with van der Waals surface area (Å²) in [5.74, 6) is 0.469. The van der Waals surface area contributed by atoms with Crippen LogP contribution in [0.2, 0.25) is 0 Å². The predicted molar refractivity (Wildman–Crippen MR) is 84.2 cm³/mol. The molecule has 1 aliphatic heterocycles. The molecule has 1 aliphatic carbocycles. The van der Waals surface area contributed by atoms with Crippen molar-refractivity contribution in [1.29, 1.82) is 0 Å². The number of hydrogen-bond acceptors (Lipinski definition) is 2. The minimum Gasteiger partial charge on any atom is -0.388 e. The Balaban J connectivity index is 1.79.